The summed E-state index contributed by atoms with van der Waals surface area (Å²) in [4.78, 5) is -0.500. The van der Waals surface area contributed by atoms with Crippen LogP contribution in [0.25, 0.3) is 0 Å². The van der Waals surface area contributed by atoms with Crippen LogP contribution in [0.2, 0.25) is 6.04 Å². The third kappa shape index (κ3) is 4.78. The van der Waals surface area contributed by atoms with Gasteiger partial charge in [-0.1, -0.05) is 40.2 Å². The quantitative estimate of drug-likeness (QED) is 0.577. The van der Waals surface area contributed by atoms with E-state index in [0.717, 1.165) is 12.5 Å². The van der Waals surface area contributed by atoms with Crippen LogP contribution in [0.1, 0.15) is 34.1 Å². The molecule has 0 fully saturated rings. The van der Waals surface area contributed by atoms with Crippen LogP contribution < -0.4 is 0 Å². The van der Waals surface area contributed by atoms with Crippen LogP contribution in [0.3, 0.4) is 0 Å². The van der Waals surface area contributed by atoms with Crippen LogP contribution in [0.5, 0.6) is 0 Å². The molecule has 0 aromatic carbocycles. The fourth-order valence-corrected chi connectivity index (χ4v) is 5.65. The van der Waals surface area contributed by atoms with Gasteiger partial charge in [0.2, 0.25) is 0 Å². The van der Waals surface area contributed by atoms with Crippen LogP contribution in [0.15, 0.2) is 0 Å². The average molecular weight is 224 g/mol. The van der Waals surface area contributed by atoms with E-state index in [-0.39, 0.29) is 5.41 Å². The average Bonchev–Trinajstić information content (AvgIpc) is 1.81. The fraction of sp³-hybridized carbons (Fsp3) is 1.00. The predicted molar refractivity (Wildman–Crippen MR) is 58.4 cm³/mol. The standard InChI is InChI=1S/C8H20O3SSi/c1-5-6-13-7(8(2,3)4)12(9,10)11/h7H,5-6,13H2,1-4H3,(H,9,10,11). The lowest BCUT2D eigenvalue weighted by Gasteiger charge is -2.27. The van der Waals surface area contributed by atoms with Gasteiger partial charge in [0.15, 0.2) is 0 Å². The molecule has 0 aliphatic rings. The van der Waals surface area contributed by atoms with Gasteiger partial charge in [0, 0.05) is 9.52 Å². The van der Waals surface area contributed by atoms with Gasteiger partial charge >= 0.3 is 0 Å². The van der Waals surface area contributed by atoms with Gasteiger partial charge < -0.3 is 0 Å². The maximum atomic E-state index is 11.1. The minimum atomic E-state index is -3.83. The van der Waals surface area contributed by atoms with E-state index in [4.69, 9.17) is 4.55 Å². The van der Waals surface area contributed by atoms with E-state index in [0.29, 0.717) is 0 Å². The molecule has 0 aromatic rings. The second-order valence-corrected chi connectivity index (χ2v) is 8.80. The highest BCUT2D eigenvalue weighted by molar-refractivity contribution is 7.87. The molecule has 13 heavy (non-hydrogen) atoms. The van der Waals surface area contributed by atoms with Crippen molar-refractivity contribution < 1.29 is 13.0 Å². The van der Waals surface area contributed by atoms with Gasteiger partial charge in [-0.25, -0.2) is 0 Å². The van der Waals surface area contributed by atoms with Gasteiger partial charge in [-0.05, 0) is 5.41 Å². The molecule has 1 unspecified atom stereocenters. The Kier molecular flexibility index (Phi) is 4.61. The Morgan fingerprint density at radius 3 is 2.08 bits per heavy atom. The van der Waals surface area contributed by atoms with Crippen molar-refractivity contribution in [3.63, 3.8) is 0 Å². The van der Waals surface area contributed by atoms with E-state index in [9.17, 15) is 8.42 Å². The Labute approximate surface area is 83.5 Å². The highest BCUT2D eigenvalue weighted by Crippen LogP contribution is 2.25. The highest BCUT2D eigenvalue weighted by Gasteiger charge is 2.34. The smallest absolute Gasteiger partial charge is 0.264 e. The maximum absolute atomic E-state index is 11.1. The van der Waals surface area contributed by atoms with Crippen molar-refractivity contribution in [3.05, 3.63) is 0 Å². The Balaban J connectivity index is 4.59. The third-order valence-electron chi connectivity index (χ3n) is 2.15. The lowest BCUT2D eigenvalue weighted by atomic mass is 10.00. The van der Waals surface area contributed by atoms with Crippen LogP contribution >= 0.6 is 0 Å². The van der Waals surface area contributed by atoms with Gasteiger partial charge in [-0.15, -0.1) is 0 Å². The molecular weight excluding hydrogens is 204 g/mol. The normalized spacial score (nSPS) is 16.7. The summed E-state index contributed by atoms with van der Waals surface area (Å²) in [6.07, 6.45) is 1.01. The molecule has 1 atom stereocenters. The largest absolute Gasteiger partial charge is 0.286 e. The monoisotopic (exact) mass is 224 g/mol. The van der Waals surface area contributed by atoms with Gasteiger partial charge in [0.05, 0.1) is 4.87 Å². The number of hydrogen-bond acceptors (Lipinski definition) is 2. The third-order valence-corrected chi connectivity index (χ3v) is 8.41. The Bertz CT molecular complexity index is 241. The molecular formula is C8H20O3SSi. The SMILES string of the molecule is CCC[SiH2]C(C(C)(C)C)S(=O)(=O)O. The Morgan fingerprint density at radius 1 is 1.38 bits per heavy atom. The van der Waals surface area contributed by atoms with Crippen molar-refractivity contribution in [3.8, 4) is 0 Å². The topological polar surface area (TPSA) is 54.4 Å². The van der Waals surface area contributed by atoms with E-state index in [1.807, 2.05) is 27.7 Å². The van der Waals surface area contributed by atoms with Crippen molar-refractivity contribution in [1.82, 2.24) is 0 Å². The zero-order chi connectivity index (χ0) is 10.7. The molecule has 0 saturated heterocycles. The summed E-state index contributed by atoms with van der Waals surface area (Å²) in [6, 6.07) is 0.974. The summed E-state index contributed by atoms with van der Waals surface area (Å²) < 4.78 is 31.2. The van der Waals surface area contributed by atoms with E-state index in [1.54, 1.807) is 0 Å². The second-order valence-electron chi connectivity index (χ2n) is 4.51. The van der Waals surface area contributed by atoms with E-state index in [1.165, 1.54) is 0 Å². The summed E-state index contributed by atoms with van der Waals surface area (Å²) in [6.45, 7) is 7.65. The minimum absolute atomic E-state index is 0.324. The Morgan fingerprint density at radius 2 is 1.85 bits per heavy atom. The molecule has 0 saturated carbocycles. The fourth-order valence-electron chi connectivity index (χ4n) is 1.42. The first-order valence-corrected chi connectivity index (χ1v) is 7.98. The first-order chi connectivity index (χ1) is 5.69. The Hall–Kier alpha value is 0.127. The highest BCUT2D eigenvalue weighted by atomic mass is 32.2. The first-order valence-electron chi connectivity index (χ1n) is 4.66. The molecule has 0 radical (unpaired) electrons. The summed E-state index contributed by atoms with van der Waals surface area (Å²) in [5.41, 5.74) is -0.324. The van der Waals surface area contributed by atoms with E-state index in [2.05, 4.69) is 0 Å². The maximum Gasteiger partial charge on any atom is 0.264 e. The molecule has 0 rings (SSSR count). The van der Waals surface area contributed by atoms with Gasteiger partial charge in [-0.2, -0.15) is 8.42 Å². The molecule has 0 spiro atoms. The summed E-state index contributed by atoms with van der Waals surface area (Å²) in [5, 5.41) is 0. The van der Waals surface area contributed by atoms with Crippen LogP contribution in [0, 0.1) is 5.41 Å². The molecule has 0 aliphatic heterocycles. The first kappa shape index (κ1) is 13.1. The van der Waals surface area contributed by atoms with Crippen molar-refractivity contribution in [2.24, 2.45) is 5.41 Å². The minimum Gasteiger partial charge on any atom is -0.286 e. The van der Waals surface area contributed by atoms with Crippen molar-refractivity contribution in [2.45, 2.75) is 45.0 Å². The van der Waals surface area contributed by atoms with E-state index < -0.39 is 24.5 Å². The molecule has 80 valence electrons. The molecule has 0 aliphatic carbocycles. The lowest BCUT2D eigenvalue weighted by Crippen LogP contribution is -2.39. The van der Waals surface area contributed by atoms with Gasteiger partial charge in [0.25, 0.3) is 10.1 Å². The number of rotatable bonds is 4. The zero-order valence-corrected chi connectivity index (χ0v) is 11.1. The number of hydrogen-bond donors (Lipinski definition) is 1. The van der Waals surface area contributed by atoms with Gasteiger partial charge in [-0.3, -0.25) is 4.55 Å². The molecule has 0 heterocycles. The summed E-state index contributed by atoms with van der Waals surface area (Å²) >= 11 is 0. The molecule has 1 N–H and O–H groups in total. The molecule has 0 bridgehead atoms. The van der Waals surface area contributed by atoms with Gasteiger partial charge in [0.1, 0.15) is 0 Å². The van der Waals surface area contributed by atoms with E-state index >= 15 is 0 Å². The van der Waals surface area contributed by atoms with Crippen molar-refractivity contribution in [1.29, 1.82) is 0 Å². The van der Waals surface area contributed by atoms with Crippen LogP contribution in [-0.4, -0.2) is 27.4 Å². The molecule has 0 aromatic heterocycles. The second kappa shape index (κ2) is 4.57. The molecule has 0 amide bonds. The summed E-state index contributed by atoms with van der Waals surface area (Å²) in [5.74, 6) is 0. The van der Waals surface area contributed by atoms with Crippen LogP contribution in [-0.2, 0) is 10.1 Å². The van der Waals surface area contributed by atoms with Crippen molar-refractivity contribution in [2.75, 3.05) is 0 Å². The zero-order valence-electron chi connectivity index (χ0n) is 8.87. The molecule has 3 nitrogen and oxygen atoms in total. The van der Waals surface area contributed by atoms with Crippen molar-refractivity contribution >= 4 is 19.6 Å². The lowest BCUT2D eigenvalue weighted by molar-refractivity contribution is 0.398. The summed E-state index contributed by atoms with van der Waals surface area (Å²) in [7, 11) is -4.55. The van der Waals surface area contributed by atoms with Crippen LogP contribution in [0.4, 0.5) is 0 Å². The predicted octanol–water partition coefficient (Wildman–Crippen LogP) is 1.24. The molecule has 5 heteroatoms.